The first-order chi connectivity index (χ1) is 28.4. The molecule has 0 saturated heterocycles. The Morgan fingerprint density at radius 2 is 1.10 bits per heavy atom. The van der Waals surface area contributed by atoms with Crippen molar-refractivity contribution < 1.29 is 47.2 Å². The highest BCUT2D eigenvalue weighted by atomic mass is 31.2. The van der Waals surface area contributed by atoms with Crippen LogP contribution in [0.5, 0.6) is 0 Å². The van der Waals surface area contributed by atoms with Gasteiger partial charge in [-0.2, -0.15) is 0 Å². The first kappa shape index (κ1) is 55.9. The van der Waals surface area contributed by atoms with Crippen molar-refractivity contribution in [3.63, 3.8) is 0 Å². The van der Waals surface area contributed by atoms with Gasteiger partial charge >= 0.3 is 19.8 Å². The summed E-state index contributed by atoms with van der Waals surface area (Å²) in [5, 5.41) is 9.90. The summed E-state index contributed by atoms with van der Waals surface area (Å²) in [6, 6.07) is 0. The smallest absolute Gasteiger partial charge is 0.462 e. The number of carbonyl (C=O) groups excluding carboxylic acids is 2. The molecule has 0 aliphatic rings. The molecule has 336 valence electrons. The molecular weight excluding hydrogens is 766 g/mol. The van der Waals surface area contributed by atoms with Crippen LogP contribution >= 0.6 is 7.82 Å². The number of likely N-dealkylation sites (N-methyl/N-ethyl adjacent to an activating group) is 1. The summed E-state index contributed by atoms with van der Waals surface area (Å²) in [5.74, 6) is -0.968. The first-order valence-corrected chi connectivity index (χ1v) is 23.6. The van der Waals surface area contributed by atoms with Gasteiger partial charge < -0.3 is 24.0 Å². The number of unbranched alkanes of at least 4 members (excludes halogenated alkanes) is 7. The van der Waals surface area contributed by atoms with Crippen LogP contribution in [-0.4, -0.2) is 86.1 Å². The maximum Gasteiger partial charge on any atom is 0.472 e. The molecule has 0 aromatic heterocycles. The van der Waals surface area contributed by atoms with Crippen molar-refractivity contribution >= 4 is 19.8 Å². The number of phosphoric acid groups is 1. The molecular formula is C48H81NO9P+. The zero-order valence-corrected chi connectivity index (χ0v) is 38.2. The second kappa shape index (κ2) is 39.1. The Hall–Kier alpha value is -3.11. The highest BCUT2D eigenvalue weighted by Crippen LogP contribution is 2.43. The lowest BCUT2D eigenvalue weighted by atomic mass is 10.1. The van der Waals surface area contributed by atoms with Crippen LogP contribution in [0, 0.1) is 0 Å². The predicted molar refractivity (Wildman–Crippen MR) is 244 cm³/mol. The standard InChI is InChI=1S/C48H80NO9P/c1-6-8-10-11-12-13-14-15-16-17-18-19-22-26-29-32-36-40-48(52)58-46(44-57-59(53,54)56-42-41-49(3,4)5)43-55-47(51)39-35-31-28-25-23-20-21-24-27-30-34-38-45(50)37-33-9-7-2/h12-13,15-16,18-21,25-30,34,38,45-46,50H,6-11,14,17,22-24,31-33,35-37,39-44H2,1-5H3/p+1/b13-12-,16-15-,19-18-,21-20-,28-25-,29-26-,30-27-,38-34+/t45-,46-/m1/s1. The Kier molecular flexibility index (Phi) is 37.0. The van der Waals surface area contributed by atoms with Crippen molar-refractivity contribution in [1.29, 1.82) is 0 Å². The van der Waals surface area contributed by atoms with Gasteiger partial charge in [-0.15, -0.1) is 0 Å². The fraction of sp³-hybridized carbons (Fsp3) is 0.625. The summed E-state index contributed by atoms with van der Waals surface area (Å²) in [6.07, 6.45) is 48.0. The molecule has 0 fully saturated rings. The summed E-state index contributed by atoms with van der Waals surface area (Å²) in [7, 11) is 1.37. The SMILES string of the molecule is CCCCC/C=C\C/C=C\C/C=C\C/C=C\CCCC(=O)O[C@H](COC(=O)CCC/C=C\C/C=C\C/C=C\C=C\[C@H](O)CCCCC)COP(=O)(O)OCC[N+](C)(C)C. The summed E-state index contributed by atoms with van der Waals surface area (Å²) < 4.78 is 34.1. The topological polar surface area (TPSA) is 129 Å². The maximum atomic E-state index is 12.7. The Morgan fingerprint density at radius 3 is 1.64 bits per heavy atom. The molecule has 0 saturated carbocycles. The van der Waals surface area contributed by atoms with E-state index in [0.717, 1.165) is 64.2 Å². The van der Waals surface area contributed by atoms with Crippen molar-refractivity contribution in [3.05, 3.63) is 97.2 Å². The molecule has 0 heterocycles. The van der Waals surface area contributed by atoms with E-state index in [9.17, 15) is 24.2 Å². The fourth-order valence-electron chi connectivity index (χ4n) is 5.17. The number of esters is 2. The second-order valence-electron chi connectivity index (χ2n) is 15.6. The van der Waals surface area contributed by atoms with E-state index in [-0.39, 0.29) is 32.2 Å². The van der Waals surface area contributed by atoms with Crippen LogP contribution in [0.1, 0.15) is 136 Å². The van der Waals surface area contributed by atoms with Crippen LogP contribution in [0.15, 0.2) is 97.2 Å². The number of hydrogen-bond donors (Lipinski definition) is 2. The maximum absolute atomic E-state index is 12.7. The van der Waals surface area contributed by atoms with Gasteiger partial charge in [0.05, 0.1) is 33.9 Å². The van der Waals surface area contributed by atoms with E-state index in [4.69, 9.17) is 18.5 Å². The highest BCUT2D eigenvalue weighted by Gasteiger charge is 2.27. The van der Waals surface area contributed by atoms with Gasteiger partial charge in [0.2, 0.25) is 0 Å². The van der Waals surface area contributed by atoms with Crippen molar-refractivity contribution in [3.8, 4) is 0 Å². The molecule has 2 N–H and O–H groups in total. The molecule has 0 aromatic rings. The van der Waals surface area contributed by atoms with E-state index >= 15 is 0 Å². The van der Waals surface area contributed by atoms with Crippen LogP contribution in [-0.2, 0) is 32.7 Å². The lowest BCUT2D eigenvalue weighted by Crippen LogP contribution is -2.37. The lowest BCUT2D eigenvalue weighted by Gasteiger charge is -2.24. The van der Waals surface area contributed by atoms with Gasteiger partial charge in [0, 0.05) is 12.8 Å². The number of rotatable bonds is 38. The number of carbonyl (C=O) groups is 2. The quantitative estimate of drug-likeness (QED) is 0.0156. The Bertz CT molecular complexity index is 1340. The molecule has 0 spiro atoms. The molecule has 0 aromatic carbocycles. The molecule has 1 unspecified atom stereocenters. The Labute approximate surface area is 358 Å². The monoisotopic (exact) mass is 847 g/mol. The normalized spacial score (nSPS) is 15.0. The van der Waals surface area contributed by atoms with Crippen molar-refractivity contribution in [2.45, 2.75) is 148 Å². The summed E-state index contributed by atoms with van der Waals surface area (Å²) in [5.41, 5.74) is 0. The molecule has 59 heavy (non-hydrogen) atoms. The predicted octanol–water partition coefficient (Wildman–Crippen LogP) is 11.5. The number of aliphatic hydroxyl groups is 1. The van der Waals surface area contributed by atoms with Gasteiger partial charge in [0.1, 0.15) is 19.8 Å². The molecule has 10 nitrogen and oxygen atoms in total. The van der Waals surface area contributed by atoms with Gasteiger partial charge in [-0.1, -0.05) is 143 Å². The van der Waals surface area contributed by atoms with Crippen molar-refractivity contribution in [2.24, 2.45) is 0 Å². The number of aliphatic hydroxyl groups excluding tert-OH is 1. The molecule has 11 heteroatoms. The summed E-state index contributed by atoms with van der Waals surface area (Å²) in [4.78, 5) is 35.3. The third-order valence-corrected chi connectivity index (χ3v) is 9.68. The van der Waals surface area contributed by atoms with Crippen LogP contribution in [0.25, 0.3) is 0 Å². The van der Waals surface area contributed by atoms with E-state index in [1.807, 2.05) is 63.7 Å². The van der Waals surface area contributed by atoms with Gasteiger partial charge in [0.15, 0.2) is 6.10 Å². The van der Waals surface area contributed by atoms with Gasteiger partial charge in [-0.05, 0) is 77.0 Å². The van der Waals surface area contributed by atoms with Crippen LogP contribution < -0.4 is 0 Å². The Balaban J connectivity index is 4.61. The van der Waals surface area contributed by atoms with Crippen molar-refractivity contribution in [2.75, 3.05) is 47.5 Å². The minimum Gasteiger partial charge on any atom is -0.462 e. The van der Waals surface area contributed by atoms with Crippen LogP contribution in [0.3, 0.4) is 0 Å². The number of allylic oxidation sites excluding steroid dienone is 15. The van der Waals surface area contributed by atoms with Gasteiger partial charge in [-0.25, -0.2) is 4.57 Å². The van der Waals surface area contributed by atoms with E-state index in [0.29, 0.717) is 36.7 Å². The number of phosphoric ester groups is 1. The average molecular weight is 847 g/mol. The highest BCUT2D eigenvalue weighted by molar-refractivity contribution is 7.47. The summed E-state index contributed by atoms with van der Waals surface area (Å²) >= 11 is 0. The number of ether oxygens (including phenoxy) is 2. The lowest BCUT2D eigenvalue weighted by molar-refractivity contribution is -0.870. The largest absolute Gasteiger partial charge is 0.472 e. The molecule has 0 amide bonds. The zero-order chi connectivity index (χ0) is 43.7. The Morgan fingerprint density at radius 1 is 0.610 bits per heavy atom. The van der Waals surface area contributed by atoms with E-state index in [2.05, 4.69) is 68.5 Å². The van der Waals surface area contributed by atoms with E-state index in [1.165, 1.54) is 19.3 Å². The third kappa shape index (κ3) is 42.8. The fourth-order valence-corrected chi connectivity index (χ4v) is 5.91. The van der Waals surface area contributed by atoms with Crippen LogP contribution in [0.4, 0.5) is 0 Å². The minimum atomic E-state index is -4.42. The number of hydrogen-bond acceptors (Lipinski definition) is 8. The second-order valence-corrected chi connectivity index (χ2v) is 17.0. The zero-order valence-electron chi connectivity index (χ0n) is 37.3. The van der Waals surface area contributed by atoms with E-state index < -0.39 is 32.5 Å². The molecule has 0 aliphatic heterocycles. The number of quaternary nitrogens is 1. The average Bonchev–Trinajstić information content (AvgIpc) is 3.18. The molecule has 0 aliphatic carbocycles. The molecule has 0 rings (SSSR count). The third-order valence-electron chi connectivity index (χ3n) is 8.69. The number of nitrogens with zero attached hydrogens (tertiary/aromatic N) is 1. The van der Waals surface area contributed by atoms with E-state index in [1.54, 1.807) is 0 Å². The van der Waals surface area contributed by atoms with Gasteiger partial charge in [-0.3, -0.25) is 18.6 Å². The summed E-state index contributed by atoms with van der Waals surface area (Å²) in [6.45, 7) is 4.09. The molecule has 0 radical (unpaired) electrons. The van der Waals surface area contributed by atoms with Crippen LogP contribution in [0.2, 0.25) is 0 Å². The molecule has 3 atom stereocenters. The van der Waals surface area contributed by atoms with Gasteiger partial charge in [0.25, 0.3) is 0 Å². The minimum absolute atomic E-state index is 0.000106. The molecule has 0 bridgehead atoms. The first-order valence-electron chi connectivity index (χ1n) is 22.1. The van der Waals surface area contributed by atoms with Crippen molar-refractivity contribution in [1.82, 2.24) is 0 Å².